The Bertz CT molecular complexity index is 919. The van der Waals surface area contributed by atoms with Crippen molar-refractivity contribution < 1.29 is 0 Å². The van der Waals surface area contributed by atoms with E-state index in [-0.39, 0.29) is 18.1 Å². The number of hydrogen-bond acceptors (Lipinski definition) is 4. The van der Waals surface area contributed by atoms with Crippen molar-refractivity contribution in [3.8, 4) is 22.9 Å². The number of aromatic nitrogens is 4. The standard InChI is InChI=1S/C16H16BrN5O.ClH/c1-2-7-21-15-12(14-18-6-8-22(14)16(21)23)19-13(20-15)10-4-3-5-11(17)9-10;/h3-5,9,18H,2,6-8H2,1H3;1H. The van der Waals surface area contributed by atoms with Gasteiger partial charge in [0, 0.05) is 29.7 Å². The molecule has 1 aromatic rings. The van der Waals surface area contributed by atoms with E-state index in [1.807, 2.05) is 24.3 Å². The van der Waals surface area contributed by atoms with Crippen molar-refractivity contribution in [2.24, 2.45) is 0 Å². The molecule has 3 aliphatic rings. The number of nitrogens with zero attached hydrogens (tertiary/aromatic N) is 4. The first-order valence-electron chi connectivity index (χ1n) is 7.70. The molecule has 0 bridgehead atoms. The maximum atomic E-state index is 12.7. The Morgan fingerprint density at radius 1 is 1.33 bits per heavy atom. The molecular formula is C16H17BrClN5O. The Morgan fingerprint density at radius 2 is 2.17 bits per heavy atom. The van der Waals surface area contributed by atoms with Gasteiger partial charge in [0.05, 0.1) is 0 Å². The third kappa shape index (κ3) is 2.61. The third-order valence-electron chi connectivity index (χ3n) is 4.01. The first-order valence-corrected chi connectivity index (χ1v) is 8.49. The predicted molar refractivity (Wildman–Crippen MR) is 100 cm³/mol. The van der Waals surface area contributed by atoms with E-state index in [0.717, 1.165) is 34.5 Å². The number of halogens is 2. The van der Waals surface area contributed by atoms with E-state index >= 15 is 0 Å². The Kier molecular flexibility index (Phi) is 4.64. The summed E-state index contributed by atoms with van der Waals surface area (Å²) in [5.41, 5.74) is 1.69. The number of imidazole rings is 1. The number of rotatable bonds is 3. The first kappa shape index (κ1) is 17.0. The summed E-state index contributed by atoms with van der Waals surface area (Å²) >= 11 is 3.48. The van der Waals surface area contributed by atoms with Crippen LogP contribution in [0, 0.1) is 0 Å². The zero-order chi connectivity index (χ0) is 16.0. The lowest BCUT2D eigenvalue weighted by Crippen LogP contribution is -2.31. The number of fused-ring (bicyclic) bond motifs is 3. The van der Waals surface area contributed by atoms with Crippen molar-refractivity contribution in [1.29, 1.82) is 0 Å². The van der Waals surface area contributed by atoms with E-state index in [1.54, 1.807) is 9.13 Å². The summed E-state index contributed by atoms with van der Waals surface area (Å²) in [4.78, 5) is 22.0. The second kappa shape index (κ2) is 6.57. The second-order valence-electron chi connectivity index (χ2n) is 5.59. The van der Waals surface area contributed by atoms with E-state index in [4.69, 9.17) is 4.98 Å². The molecule has 8 heteroatoms. The molecule has 24 heavy (non-hydrogen) atoms. The van der Waals surface area contributed by atoms with Gasteiger partial charge in [-0.25, -0.2) is 14.8 Å². The Hall–Kier alpha value is -1.86. The molecule has 0 fully saturated rings. The SMILES string of the molecule is CCCn1c2nc(-c3cccc(Br)c3)nc-2c2n(c1=O)CCN2.Cl. The smallest absolute Gasteiger partial charge is 0.331 e. The summed E-state index contributed by atoms with van der Waals surface area (Å²) in [7, 11) is 0. The van der Waals surface area contributed by atoms with Crippen LogP contribution in [0.15, 0.2) is 33.5 Å². The summed E-state index contributed by atoms with van der Waals surface area (Å²) in [6.45, 7) is 4.12. The monoisotopic (exact) mass is 409 g/mol. The van der Waals surface area contributed by atoms with Crippen LogP contribution in [-0.4, -0.2) is 25.6 Å². The summed E-state index contributed by atoms with van der Waals surface area (Å²) < 4.78 is 4.48. The minimum atomic E-state index is -0.0138. The highest BCUT2D eigenvalue weighted by molar-refractivity contribution is 9.10. The van der Waals surface area contributed by atoms with Crippen molar-refractivity contribution in [3.63, 3.8) is 0 Å². The maximum absolute atomic E-state index is 12.7. The highest BCUT2D eigenvalue weighted by Gasteiger charge is 2.27. The normalized spacial score (nSPS) is 12.8. The van der Waals surface area contributed by atoms with Crippen LogP contribution in [-0.2, 0) is 13.1 Å². The molecule has 1 aromatic carbocycles. The molecule has 0 unspecified atom stereocenters. The van der Waals surface area contributed by atoms with Gasteiger partial charge in [0.1, 0.15) is 11.5 Å². The van der Waals surface area contributed by atoms with Gasteiger partial charge in [-0.15, -0.1) is 12.4 Å². The highest BCUT2D eigenvalue weighted by atomic mass is 79.9. The minimum absolute atomic E-state index is 0. The summed E-state index contributed by atoms with van der Waals surface area (Å²) in [6, 6.07) is 7.88. The molecule has 0 atom stereocenters. The lowest BCUT2D eigenvalue weighted by atomic mass is 10.2. The molecule has 0 amide bonds. The van der Waals surface area contributed by atoms with Crippen molar-refractivity contribution in [2.75, 3.05) is 11.9 Å². The fourth-order valence-corrected chi connectivity index (χ4v) is 3.39. The fraction of sp³-hybridized carbons (Fsp3) is 0.312. The van der Waals surface area contributed by atoms with E-state index in [2.05, 4.69) is 33.2 Å². The van der Waals surface area contributed by atoms with E-state index < -0.39 is 0 Å². The molecule has 0 aliphatic carbocycles. The summed E-state index contributed by atoms with van der Waals surface area (Å²) in [5.74, 6) is 2.09. The van der Waals surface area contributed by atoms with Gasteiger partial charge in [0.15, 0.2) is 11.6 Å². The lowest BCUT2D eigenvalue weighted by molar-refractivity contribution is 0.589. The van der Waals surface area contributed by atoms with Crippen LogP contribution in [0.4, 0.5) is 5.82 Å². The molecule has 1 N–H and O–H groups in total. The van der Waals surface area contributed by atoms with Crippen molar-refractivity contribution in [3.05, 3.63) is 39.2 Å². The number of hydrogen-bond donors (Lipinski definition) is 1. The van der Waals surface area contributed by atoms with Gasteiger partial charge >= 0.3 is 5.69 Å². The Balaban J connectivity index is 0.00000169. The van der Waals surface area contributed by atoms with Crippen molar-refractivity contribution >= 4 is 34.2 Å². The third-order valence-corrected chi connectivity index (χ3v) is 4.50. The zero-order valence-corrected chi connectivity index (χ0v) is 15.5. The van der Waals surface area contributed by atoms with E-state index in [0.29, 0.717) is 24.7 Å². The highest BCUT2D eigenvalue weighted by Crippen LogP contribution is 2.32. The van der Waals surface area contributed by atoms with Gasteiger partial charge in [-0.05, 0) is 18.6 Å². The largest absolute Gasteiger partial charge is 0.368 e. The van der Waals surface area contributed by atoms with E-state index in [9.17, 15) is 4.79 Å². The molecule has 3 heterocycles. The molecule has 0 aromatic heterocycles. The quantitative estimate of drug-likeness (QED) is 0.720. The van der Waals surface area contributed by atoms with Crippen LogP contribution in [0.2, 0.25) is 0 Å². The van der Waals surface area contributed by atoms with Gasteiger partial charge in [0.2, 0.25) is 0 Å². The number of anilines is 1. The van der Waals surface area contributed by atoms with Crippen LogP contribution in [0.3, 0.4) is 0 Å². The van der Waals surface area contributed by atoms with Gasteiger partial charge in [-0.3, -0.25) is 9.13 Å². The van der Waals surface area contributed by atoms with Crippen molar-refractivity contribution in [2.45, 2.75) is 26.4 Å². The van der Waals surface area contributed by atoms with E-state index in [1.165, 1.54) is 0 Å². The van der Waals surface area contributed by atoms with Gasteiger partial charge < -0.3 is 5.32 Å². The molecule has 3 aliphatic heterocycles. The van der Waals surface area contributed by atoms with Crippen molar-refractivity contribution in [1.82, 2.24) is 19.1 Å². The minimum Gasteiger partial charge on any atom is -0.368 e. The first-order chi connectivity index (χ1) is 11.2. The van der Waals surface area contributed by atoms with Crippen LogP contribution < -0.4 is 11.0 Å². The molecular weight excluding hydrogens is 394 g/mol. The van der Waals surface area contributed by atoms with Gasteiger partial charge in [-0.2, -0.15) is 0 Å². The second-order valence-corrected chi connectivity index (χ2v) is 6.51. The van der Waals surface area contributed by atoms with Crippen LogP contribution in [0.25, 0.3) is 22.9 Å². The molecule has 0 saturated carbocycles. The summed E-state index contributed by atoms with van der Waals surface area (Å²) in [6.07, 6.45) is 0.876. The van der Waals surface area contributed by atoms with Gasteiger partial charge in [0.25, 0.3) is 0 Å². The average Bonchev–Trinajstić information content (AvgIpc) is 3.18. The molecule has 0 radical (unpaired) electrons. The fourth-order valence-electron chi connectivity index (χ4n) is 3.00. The summed E-state index contributed by atoms with van der Waals surface area (Å²) in [5, 5.41) is 3.27. The Morgan fingerprint density at radius 3 is 2.92 bits per heavy atom. The van der Waals surface area contributed by atoms with Crippen LogP contribution >= 0.6 is 28.3 Å². The Labute approximate surface area is 153 Å². The maximum Gasteiger partial charge on any atom is 0.331 e. The predicted octanol–water partition coefficient (Wildman–Crippen LogP) is 3.23. The molecule has 0 saturated heterocycles. The van der Waals surface area contributed by atoms with Crippen LogP contribution in [0.5, 0.6) is 0 Å². The molecule has 126 valence electrons. The van der Waals surface area contributed by atoms with Crippen LogP contribution in [0.1, 0.15) is 13.3 Å². The average molecular weight is 411 g/mol. The topological polar surface area (TPSA) is 64.7 Å². The number of benzene rings is 1. The molecule has 0 spiro atoms. The lowest BCUT2D eigenvalue weighted by Gasteiger charge is -2.13. The zero-order valence-electron chi connectivity index (χ0n) is 13.1. The number of nitrogens with one attached hydrogen (secondary N) is 1. The van der Waals surface area contributed by atoms with Gasteiger partial charge in [-0.1, -0.05) is 35.0 Å². The molecule has 4 rings (SSSR count). The molecule has 6 nitrogen and oxygen atoms in total.